The molecule has 1 N–H and O–H groups in total. The quantitative estimate of drug-likeness (QED) is 0.692. The van der Waals surface area contributed by atoms with Crippen LogP contribution in [0.5, 0.6) is 0 Å². The highest BCUT2D eigenvalue weighted by molar-refractivity contribution is 5.83. The number of carbonyl (C=O) groups is 1. The normalized spacial score (nSPS) is 39.8. The van der Waals surface area contributed by atoms with Crippen LogP contribution in [0.2, 0.25) is 0 Å². The standard InChI is InChI=1S/C12H18N2O/c1-14-7-9(15)3-5-12(14)10-6-8-2-4-11(10)13-8/h5,8,10-11,13H,2-4,6-7H2,1H3/t8?,10-,11?/m0/s1. The molecular formula is C12H18N2O. The molecule has 0 radical (unpaired) electrons. The van der Waals surface area contributed by atoms with Gasteiger partial charge in [0, 0.05) is 37.2 Å². The van der Waals surface area contributed by atoms with Gasteiger partial charge in [0.05, 0.1) is 6.54 Å². The van der Waals surface area contributed by atoms with Crippen molar-refractivity contribution in [3.63, 3.8) is 0 Å². The minimum Gasteiger partial charge on any atom is -0.371 e. The maximum atomic E-state index is 11.3. The highest BCUT2D eigenvalue weighted by atomic mass is 16.1. The Morgan fingerprint density at radius 2 is 2.33 bits per heavy atom. The van der Waals surface area contributed by atoms with Gasteiger partial charge in [0.2, 0.25) is 0 Å². The molecule has 3 heterocycles. The van der Waals surface area contributed by atoms with E-state index < -0.39 is 0 Å². The Morgan fingerprint density at radius 3 is 2.93 bits per heavy atom. The largest absolute Gasteiger partial charge is 0.371 e. The van der Waals surface area contributed by atoms with E-state index in [1.165, 1.54) is 25.0 Å². The lowest BCUT2D eigenvalue weighted by Crippen LogP contribution is -2.36. The lowest BCUT2D eigenvalue weighted by molar-refractivity contribution is -0.119. The molecule has 0 aliphatic carbocycles. The number of rotatable bonds is 1. The Morgan fingerprint density at radius 1 is 1.47 bits per heavy atom. The first-order valence-corrected chi connectivity index (χ1v) is 5.93. The topological polar surface area (TPSA) is 32.3 Å². The predicted octanol–water partition coefficient (Wildman–Crippen LogP) is 0.915. The number of Topliss-reactive ketones (excluding diaryl/α,β-unsaturated/α-hetero) is 1. The van der Waals surface area contributed by atoms with Crippen LogP contribution in [0.4, 0.5) is 0 Å². The zero-order valence-corrected chi connectivity index (χ0v) is 9.20. The fraction of sp³-hybridized carbons (Fsp3) is 0.750. The van der Waals surface area contributed by atoms with Gasteiger partial charge in [-0.2, -0.15) is 0 Å². The number of allylic oxidation sites excluding steroid dienone is 1. The van der Waals surface area contributed by atoms with Gasteiger partial charge in [0.1, 0.15) is 0 Å². The fourth-order valence-electron chi connectivity index (χ4n) is 3.38. The molecule has 3 heteroatoms. The van der Waals surface area contributed by atoms with E-state index in [1.807, 2.05) is 0 Å². The SMILES string of the molecule is CN1CC(=O)CC=C1[C@H]1CC2CCC1N2. The molecule has 15 heavy (non-hydrogen) atoms. The van der Waals surface area contributed by atoms with Crippen molar-refractivity contribution in [1.29, 1.82) is 0 Å². The molecule has 0 aromatic heterocycles. The van der Waals surface area contributed by atoms with E-state index in [9.17, 15) is 4.79 Å². The van der Waals surface area contributed by atoms with Gasteiger partial charge in [0.15, 0.2) is 5.78 Å². The van der Waals surface area contributed by atoms with Crippen molar-refractivity contribution in [1.82, 2.24) is 10.2 Å². The summed E-state index contributed by atoms with van der Waals surface area (Å²) < 4.78 is 0. The lowest BCUT2D eigenvalue weighted by Gasteiger charge is -2.33. The lowest BCUT2D eigenvalue weighted by atomic mass is 9.85. The van der Waals surface area contributed by atoms with Gasteiger partial charge in [-0.25, -0.2) is 0 Å². The van der Waals surface area contributed by atoms with Gasteiger partial charge in [0.25, 0.3) is 0 Å². The number of fused-ring (bicyclic) bond motifs is 2. The minimum atomic E-state index is 0.345. The summed E-state index contributed by atoms with van der Waals surface area (Å²) in [4.78, 5) is 13.4. The van der Waals surface area contributed by atoms with Crippen molar-refractivity contribution >= 4 is 5.78 Å². The van der Waals surface area contributed by atoms with Crippen molar-refractivity contribution in [2.24, 2.45) is 5.92 Å². The predicted molar refractivity (Wildman–Crippen MR) is 58.4 cm³/mol. The van der Waals surface area contributed by atoms with Gasteiger partial charge in [-0.15, -0.1) is 0 Å². The first-order chi connectivity index (χ1) is 7.24. The summed E-state index contributed by atoms with van der Waals surface area (Å²) in [7, 11) is 2.05. The van der Waals surface area contributed by atoms with Gasteiger partial charge in [-0.3, -0.25) is 4.79 Å². The smallest absolute Gasteiger partial charge is 0.155 e. The average molecular weight is 206 g/mol. The van der Waals surface area contributed by atoms with E-state index in [0.29, 0.717) is 30.7 Å². The summed E-state index contributed by atoms with van der Waals surface area (Å²) >= 11 is 0. The van der Waals surface area contributed by atoms with Crippen LogP contribution in [-0.2, 0) is 4.79 Å². The minimum absolute atomic E-state index is 0.345. The first kappa shape index (κ1) is 9.40. The average Bonchev–Trinajstić information content (AvgIpc) is 2.78. The zero-order chi connectivity index (χ0) is 10.4. The van der Waals surface area contributed by atoms with Crippen LogP contribution in [-0.4, -0.2) is 36.4 Å². The zero-order valence-electron chi connectivity index (χ0n) is 9.20. The first-order valence-electron chi connectivity index (χ1n) is 5.93. The molecule has 3 aliphatic rings. The summed E-state index contributed by atoms with van der Waals surface area (Å²) in [5.41, 5.74) is 1.41. The Labute approximate surface area is 90.5 Å². The number of ketones is 1. The van der Waals surface area contributed by atoms with Crippen LogP contribution in [0.25, 0.3) is 0 Å². The molecule has 2 saturated heterocycles. The maximum Gasteiger partial charge on any atom is 0.155 e. The molecule has 0 spiro atoms. The van der Waals surface area contributed by atoms with Crippen molar-refractivity contribution in [2.45, 2.75) is 37.8 Å². The van der Waals surface area contributed by atoms with E-state index in [0.717, 1.165) is 6.04 Å². The number of nitrogens with zero attached hydrogens (tertiary/aromatic N) is 1. The Hall–Kier alpha value is -0.830. The summed E-state index contributed by atoms with van der Waals surface area (Å²) in [6, 6.07) is 1.42. The summed E-state index contributed by atoms with van der Waals surface area (Å²) in [5, 5.41) is 3.65. The van der Waals surface area contributed by atoms with Crippen LogP contribution in [0, 0.1) is 5.92 Å². The number of carbonyl (C=O) groups excluding carboxylic acids is 1. The van der Waals surface area contributed by atoms with Gasteiger partial charge in [-0.1, -0.05) is 6.08 Å². The molecule has 3 rings (SSSR count). The van der Waals surface area contributed by atoms with E-state index in [4.69, 9.17) is 0 Å². The van der Waals surface area contributed by atoms with Crippen molar-refractivity contribution in [3.8, 4) is 0 Å². The van der Waals surface area contributed by atoms with Gasteiger partial charge in [-0.05, 0) is 19.3 Å². The molecule has 3 aliphatic heterocycles. The van der Waals surface area contributed by atoms with Crippen LogP contribution in [0.15, 0.2) is 11.8 Å². The summed E-state index contributed by atoms with van der Waals surface area (Å²) in [6.45, 7) is 0.611. The van der Waals surface area contributed by atoms with Crippen molar-refractivity contribution in [2.75, 3.05) is 13.6 Å². The molecule has 3 atom stereocenters. The third-order valence-electron chi connectivity index (χ3n) is 4.07. The number of hydrogen-bond acceptors (Lipinski definition) is 3. The van der Waals surface area contributed by atoms with E-state index in [-0.39, 0.29) is 0 Å². The van der Waals surface area contributed by atoms with Crippen LogP contribution in [0.1, 0.15) is 25.7 Å². The van der Waals surface area contributed by atoms with Crippen molar-refractivity contribution in [3.05, 3.63) is 11.8 Å². The second kappa shape index (κ2) is 3.34. The Kier molecular flexibility index (Phi) is 2.09. The molecule has 82 valence electrons. The molecule has 0 saturated carbocycles. The molecule has 0 aromatic carbocycles. The highest BCUT2D eigenvalue weighted by Crippen LogP contribution is 2.39. The molecular weight excluding hydrogens is 188 g/mol. The second-order valence-corrected chi connectivity index (χ2v) is 5.12. The number of likely N-dealkylation sites (N-methyl/N-ethyl adjacent to an activating group) is 1. The van der Waals surface area contributed by atoms with Crippen LogP contribution >= 0.6 is 0 Å². The van der Waals surface area contributed by atoms with E-state index >= 15 is 0 Å². The Bertz CT molecular complexity index is 324. The van der Waals surface area contributed by atoms with Gasteiger partial charge < -0.3 is 10.2 Å². The molecule has 2 fully saturated rings. The van der Waals surface area contributed by atoms with Crippen LogP contribution < -0.4 is 5.32 Å². The van der Waals surface area contributed by atoms with E-state index in [1.54, 1.807) is 0 Å². The summed E-state index contributed by atoms with van der Waals surface area (Å²) in [6.07, 6.45) is 6.73. The number of nitrogens with one attached hydrogen (secondary N) is 1. The molecule has 3 nitrogen and oxygen atoms in total. The molecule has 0 aromatic rings. The van der Waals surface area contributed by atoms with Crippen LogP contribution in [0.3, 0.4) is 0 Å². The third kappa shape index (κ3) is 1.49. The highest BCUT2D eigenvalue weighted by Gasteiger charge is 2.42. The van der Waals surface area contributed by atoms with Crippen molar-refractivity contribution < 1.29 is 4.79 Å². The molecule has 0 amide bonds. The molecule has 2 bridgehead atoms. The Balaban J connectivity index is 1.79. The fourth-order valence-corrected chi connectivity index (χ4v) is 3.38. The second-order valence-electron chi connectivity index (χ2n) is 5.12. The summed E-state index contributed by atoms with van der Waals surface area (Å²) in [5.74, 6) is 1.01. The number of hydrogen-bond donors (Lipinski definition) is 1. The third-order valence-corrected chi connectivity index (χ3v) is 4.07. The molecule has 2 unspecified atom stereocenters. The van der Waals surface area contributed by atoms with E-state index in [2.05, 4.69) is 23.3 Å². The van der Waals surface area contributed by atoms with Gasteiger partial charge >= 0.3 is 0 Å². The monoisotopic (exact) mass is 206 g/mol. The maximum absolute atomic E-state index is 11.3.